The molecule has 8 nitrogen and oxygen atoms in total. The molecule has 1 rings (SSSR count). The number of hydrogen-bond donors (Lipinski definition) is 2. The zero-order chi connectivity index (χ0) is 14.8. The van der Waals surface area contributed by atoms with E-state index in [1.54, 1.807) is 4.83 Å². The van der Waals surface area contributed by atoms with Gasteiger partial charge >= 0.3 is 0 Å². The Bertz CT molecular complexity index is 669. The zero-order valence-corrected chi connectivity index (χ0v) is 12.2. The highest BCUT2D eigenvalue weighted by molar-refractivity contribution is 7.92. The number of anilines is 1. The van der Waals surface area contributed by atoms with Crippen LogP contribution in [0.5, 0.6) is 5.75 Å². The molecule has 0 aliphatic rings. The van der Waals surface area contributed by atoms with Gasteiger partial charge in [-0.1, -0.05) is 0 Å². The third-order valence-electron chi connectivity index (χ3n) is 2.45. The first-order chi connectivity index (χ1) is 8.63. The van der Waals surface area contributed by atoms with Crippen molar-refractivity contribution in [3.8, 4) is 5.75 Å². The number of rotatable bonds is 5. The molecule has 10 heteroatoms. The van der Waals surface area contributed by atoms with Crippen LogP contribution >= 0.6 is 0 Å². The normalized spacial score (nSPS) is 12.2. The Morgan fingerprint density at radius 1 is 1.26 bits per heavy atom. The molecule has 3 N–H and O–H groups in total. The molecule has 0 atom stereocenters. The number of methoxy groups -OCH3 is 1. The van der Waals surface area contributed by atoms with E-state index >= 15 is 0 Å². The Labute approximate surface area is 112 Å². The Hall–Kier alpha value is -1.36. The molecule has 0 fully saturated rings. The van der Waals surface area contributed by atoms with Crippen molar-refractivity contribution in [1.82, 2.24) is 4.83 Å². The van der Waals surface area contributed by atoms with Gasteiger partial charge in [0.15, 0.2) is 0 Å². The van der Waals surface area contributed by atoms with Crippen LogP contribution in [0.3, 0.4) is 0 Å². The molecule has 0 radical (unpaired) electrons. The van der Waals surface area contributed by atoms with Crippen molar-refractivity contribution in [3.05, 3.63) is 18.2 Å². The minimum Gasteiger partial charge on any atom is -0.495 e. The first-order valence-corrected chi connectivity index (χ1v) is 8.31. The molecule has 0 saturated heterocycles. The SMILES string of the molecule is COc1ccc(N(C)S(C)(=O)=O)cc1S(=O)(=O)NN. The summed E-state index contributed by atoms with van der Waals surface area (Å²) in [7, 11) is -4.85. The van der Waals surface area contributed by atoms with Crippen LogP contribution in [0.4, 0.5) is 5.69 Å². The number of hydrazine groups is 1. The summed E-state index contributed by atoms with van der Waals surface area (Å²) in [6.07, 6.45) is 1.01. The number of ether oxygens (including phenoxy) is 1. The summed E-state index contributed by atoms with van der Waals surface area (Å²) < 4.78 is 52.1. The van der Waals surface area contributed by atoms with Crippen LogP contribution in [0.2, 0.25) is 0 Å². The van der Waals surface area contributed by atoms with Crippen LogP contribution in [0.1, 0.15) is 0 Å². The second-order valence-electron chi connectivity index (χ2n) is 3.69. The van der Waals surface area contributed by atoms with Crippen LogP contribution in [-0.2, 0) is 20.0 Å². The fourth-order valence-corrected chi connectivity index (χ4v) is 2.64. The summed E-state index contributed by atoms with van der Waals surface area (Å²) in [4.78, 5) is 1.42. The Morgan fingerprint density at radius 3 is 2.26 bits per heavy atom. The van der Waals surface area contributed by atoms with Crippen molar-refractivity contribution < 1.29 is 21.6 Å². The van der Waals surface area contributed by atoms with Crippen molar-refractivity contribution >= 4 is 25.7 Å². The maximum atomic E-state index is 11.7. The van der Waals surface area contributed by atoms with Gasteiger partial charge in [-0.3, -0.25) is 10.1 Å². The van der Waals surface area contributed by atoms with Crippen molar-refractivity contribution in [2.24, 2.45) is 5.84 Å². The molecule has 0 unspecified atom stereocenters. The first kappa shape index (κ1) is 15.7. The molecular formula is C9H15N3O5S2. The van der Waals surface area contributed by atoms with E-state index in [-0.39, 0.29) is 16.3 Å². The number of sulfonamides is 2. The van der Waals surface area contributed by atoms with Crippen molar-refractivity contribution in [2.75, 3.05) is 24.7 Å². The minimum absolute atomic E-state index is 0.0589. The molecule has 1 aromatic carbocycles. The van der Waals surface area contributed by atoms with Crippen molar-refractivity contribution in [1.29, 1.82) is 0 Å². The highest BCUT2D eigenvalue weighted by Crippen LogP contribution is 2.28. The lowest BCUT2D eigenvalue weighted by molar-refractivity contribution is 0.402. The number of nitrogens with one attached hydrogen (secondary N) is 1. The molecule has 19 heavy (non-hydrogen) atoms. The smallest absolute Gasteiger partial charge is 0.256 e. The molecule has 0 aliphatic carbocycles. The molecule has 0 amide bonds. The predicted octanol–water partition coefficient (Wildman–Crippen LogP) is -0.757. The minimum atomic E-state index is -3.96. The van der Waals surface area contributed by atoms with Crippen LogP contribution in [-0.4, -0.2) is 37.2 Å². The molecule has 0 heterocycles. The topological polar surface area (TPSA) is 119 Å². The lowest BCUT2D eigenvalue weighted by Crippen LogP contribution is -2.31. The van der Waals surface area contributed by atoms with E-state index in [0.717, 1.165) is 16.6 Å². The number of hydrogen-bond acceptors (Lipinski definition) is 6. The summed E-state index contributed by atoms with van der Waals surface area (Å²) in [6, 6.07) is 3.94. The van der Waals surface area contributed by atoms with Gasteiger partial charge < -0.3 is 4.74 Å². The lowest BCUT2D eigenvalue weighted by Gasteiger charge is -2.18. The van der Waals surface area contributed by atoms with E-state index in [0.29, 0.717) is 0 Å². The molecule has 0 aromatic heterocycles. The van der Waals surface area contributed by atoms with Crippen molar-refractivity contribution in [3.63, 3.8) is 0 Å². The number of nitrogens with zero attached hydrogens (tertiary/aromatic N) is 1. The lowest BCUT2D eigenvalue weighted by atomic mass is 10.3. The Balaban J connectivity index is 3.48. The zero-order valence-electron chi connectivity index (χ0n) is 10.6. The summed E-state index contributed by atoms with van der Waals surface area (Å²) in [6.45, 7) is 0. The third kappa shape index (κ3) is 3.35. The molecular weight excluding hydrogens is 294 g/mol. The van der Waals surface area contributed by atoms with E-state index in [9.17, 15) is 16.8 Å². The van der Waals surface area contributed by atoms with Gasteiger partial charge in [0.25, 0.3) is 10.0 Å². The van der Waals surface area contributed by atoms with Gasteiger partial charge in [0.2, 0.25) is 10.0 Å². The van der Waals surface area contributed by atoms with E-state index < -0.39 is 20.0 Å². The third-order valence-corrected chi connectivity index (χ3v) is 4.87. The Morgan fingerprint density at radius 2 is 1.84 bits per heavy atom. The van der Waals surface area contributed by atoms with Gasteiger partial charge in [-0.15, -0.1) is 4.83 Å². The average molecular weight is 309 g/mol. The maximum absolute atomic E-state index is 11.7. The number of benzene rings is 1. The fraction of sp³-hybridized carbons (Fsp3) is 0.333. The quantitative estimate of drug-likeness (QED) is 0.545. The summed E-state index contributed by atoms with van der Waals surface area (Å²) >= 11 is 0. The maximum Gasteiger partial charge on any atom is 0.256 e. The predicted molar refractivity (Wildman–Crippen MR) is 70.7 cm³/mol. The van der Waals surface area contributed by atoms with Gasteiger partial charge in [-0.25, -0.2) is 16.8 Å². The number of nitrogens with two attached hydrogens (primary N) is 1. The van der Waals surface area contributed by atoms with E-state index in [4.69, 9.17) is 10.6 Å². The van der Waals surface area contributed by atoms with E-state index in [2.05, 4.69) is 0 Å². The fourth-order valence-electron chi connectivity index (χ4n) is 1.33. The second kappa shape index (κ2) is 5.33. The van der Waals surface area contributed by atoms with Gasteiger partial charge in [-0.05, 0) is 18.2 Å². The standard InChI is InChI=1S/C9H15N3O5S2/c1-12(18(3,13)14)7-4-5-8(17-2)9(6-7)19(15,16)11-10/h4-6,11H,10H2,1-3H3. The van der Waals surface area contributed by atoms with Crippen LogP contribution in [0.25, 0.3) is 0 Å². The largest absolute Gasteiger partial charge is 0.495 e. The van der Waals surface area contributed by atoms with E-state index in [1.807, 2.05) is 0 Å². The monoisotopic (exact) mass is 309 g/mol. The molecule has 0 aliphatic heterocycles. The van der Waals surface area contributed by atoms with Gasteiger partial charge in [0, 0.05) is 7.05 Å². The highest BCUT2D eigenvalue weighted by atomic mass is 32.2. The second-order valence-corrected chi connectivity index (χ2v) is 7.38. The Kier molecular flexibility index (Phi) is 4.40. The highest BCUT2D eigenvalue weighted by Gasteiger charge is 2.21. The average Bonchev–Trinajstić information content (AvgIpc) is 2.36. The van der Waals surface area contributed by atoms with Crippen LogP contribution in [0.15, 0.2) is 23.1 Å². The summed E-state index contributed by atoms with van der Waals surface area (Å²) in [5.41, 5.74) is 0.178. The van der Waals surface area contributed by atoms with Crippen LogP contribution < -0.4 is 19.7 Å². The van der Waals surface area contributed by atoms with Gasteiger partial charge in [0.1, 0.15) is 10.6 Å². The van der Waals surface area contributed by atoms with Crippen molar-refractivity contribution in [2.45, 2.75) is 4.90 Å². The molecule has 0 spiro atoms. The summed E-state index contributed by atoms with van der Waals surface area (Å²) in [5.74, 6) is 5.01. The molecule has 1 aromatic rings. The van der Waals surface area contributed by atoms with E-state index in [1.165, 1.54) is 26.3 Å². The van der Waals surface area contributed by atoms with Crippen LogP contribution in [0, 0.1) is 0 Å². The summed E-state index contributed by atoms with van der Waals surface area (Å²) in [5, 5.41) is 0. The molecule has 0 saturated carbocycles. The molecule has 108 valence electrons. The van der Waals surface area contributed by atoms with Gasteiger partial charge in [0.05, 0.1) is 19.1 Å². The van der Waals surface area contributed by atoms with Gasteiger partial charge in [-0.2, -0.15) is 0 Å². The first-order valence-electron chi connectivity index (χ1n) is 4.98. The molecule has 0 bridgehead atoms.